The quantitative estimate of drug-likeness (QED) is 0.435. The number of nitrogens with one attached hydrogen (secondary N) is 1. The first kappa shape index (κ1) is 17.6. The molecule has 0 unspecified atom stereocenters. The molecule has 3 rings (SSSR count). The number of hydrogen-bond acceptors (Lipinski definition) is 4. The molecule has 0 aliphatic heterocycles. The number of carbonyl (C=O) groups is 2. The summed E-state index contributed by atoms with van der Waals surface area (Å²) in [6.45, 7) is 0. The van der Waals surface area contributed by atoms with Crippen molar-refractivity contribution >= 4 is 50.8 Å². The van der Waals surface area contributed by atoms with Crippen molar-refractivity contribution in [1.82, 2.24) is 0 Å². The van der Waals surface area contributed by atoms with Gasteiger partial charge in [-0.1, -0.05) is 42.5 Å². The molecule has 0 aliphatic carbocycles. The Bertz CT molecular complexity index is 921. The van der Waals surface area contributed by atoms with Crippen LogP contribution in [0, 0.1) is 3.57 Å². The third-order valence-corrected chi connectivity index (χ3v) is 5.45. The van der Waals surface area contributed by atoms with E-state index in [9.17, 15) is 9.59 Å². The lowest BCUT2D eigenvalue weighted by Gasteiger charge is -2.08. The second-order valence-corrected chi connectivity index (χ2v) is 7.19. The van der Waals surface area contributed by atoms with E-state index in [4.69, 9.17) is 4.74 Å². The van der Waals surface area contributed by atoms with Crippen LogP contribution >= 0.6 is 33.9 Å². The second-order valence-electron chi connectivity index (χ2n) is 5.15. The van der Waals surface area contributed by atoms with E-state index >= 15 is 0 Å². The smallest absolute Gasteiger partial charge is 0.341 e. The van der Waals surface area contributed by atoms with Crippen molar-refractivity contribution in [3.63, 3.8) is 0 Å². The third-order valence-electron chi connectivity index (χ3n) is 3.61. The van der Waals surface area contributed by atoms with Crippen LogP contribution in [0.5, 0.6) is 0 Å². The van der Waals surface area contributed by atoms with E-state index < -0.39 is 5.97 Å². The topological polar surface area (TPSA) is 55.4 Å². The molecule has 0 saturated carbocycles. The van der Waals surface area contributed by atoms with Gasteiger partial charge in [0.05, 0.1) is 12.7 Å². The Morgan fingerprint density at radius 3 is 2.40 bits per heavy atom. The molecule has 0 aliphatic rings. The lowest BCUT2D eigenvalue weighted by Crippen LogP contribution is -2.15. The van der Waals surface area contributed by atoms with E-state index in [2.05, 4.69) is 27.9 Å². The SMILES string of the molecule is COC(=O)c1c(-c2ccccc2)csc1NC(=O)c1ccccc1I. The number of benzene rings is 2. The summed E-state index contributed by atoms with van der Waals surface area (Å²) in [6.07, 6.45) is 0. The summed E-state index contributed by atoms with van der Waals surface area (Å²) >= 11 is 3.42. The van der Waals surface area contributed by atoms with Gasteiger partial charge in [0.25, 0.3) is 5.91 Å². The van der Waals surface area contributed by atoms with Crippen LogP contribution in [0.3, 0.4) is 0 Å². The van der Waals surface area contributed by atoms with Crippen LogP contribution in [0.4, 0.5) is 5.00 Å². The van der Waals surface area contributed by atoms with E-state index in [1.54, 1.807) is 6.07 Å². The van der Waals surface area contributed by atoms with Gasteiger partial charge >= 0.3 is 5.97 Å². The Morgan fingerprint density at radius 1 is 1.04 bits per heavy atom. The predicted molar refractivity (Wildman–Crippen MR) is 108 cm³/mol. The van der Waals surface area contributed by atoms with Crippen molar-refractivity contribution in [1.29, 1.82) is 0 Å². The van der Waals surface area contributed by atoms with Gasteiger partial charge in [-0.05, 0) is 40.3 Å². The van der Waals surface area contributed by atoms with Crippen LogP contribution in [0.25, 0.3) is 11.1 Å². The number of thiophene rings is 1. The summed E-state index contributed by atoms with van der Waals surface area (Å²) in [4.78, 5) is 24.9. The summed E-state index contributed by atoms with van der Waals surface area (Å²) < 4.78 is 5.77. The zero-order valence-corrected chi connectivity index (χ0v) is 16.3. The van der Waals surface area contributed by atoms with Crippen molar-refractivity contribution in [2.24, 2.45) is 0 Å². The maximum absolute atomic E-state index is 12.6. The number of ether oxygens (including phenoxy) is 1. The molecule has 3 aromatic rings. The molecule has 0 fully saturated rings. The molecule has 0 bridgehead atoms. The summed E-state index contributed by atoms with van der Waals surface area (Å²) in [7, 11) is 1.33. The molecular formula is C19H14INO3S. The third kappa shape index (κ3) is 3.74. The Hall–Kier alpha value is -2.19. The summed E-state index contributed by atoms with van der Waals surface area (Å²) in [6, 6.07) is 16.8. The van der Waals surface area contributed by atoms with Crippen LogP contribution in [-0.4, -0.2) is 19.0 Å². The van der Waals surface area contributed by atoms with E-state index in [-0.39, 0.29) is 5.91 Å². The van der Waals surface area contributed by atoms with Crippen LogP contribution < -0.4 is 5.32 Å². The van der Waals surface area contributed by atoms with Crippen molar-refractivity contribution in [3.8, 4) is 11.1 Å². The molecule has 1 amide bonds. The Balaban J connectivity index is 2.00. The molecule has 6 heteroatoms. The number of amides is 1. The summed E-state index contributed by atoms with van der Waals surface area (Å²) in [5.41, 5.74) is 2.58. The molecule has 2 aromatic carbocycles. The van der Waals surface area contributed by atoms with E-state index in [1.165, 1.54) is 18.4 Å². The van der Waals surface area contributed by atoms with E-state index in [0.29, 0.717) is 16.1 Å². The maximum Gasteiger partial charge on any atom is 0.341 e. The van der Waals surface area contributed by atoms with Crippen molar-refractivity contribution in [3.05, 3.63) is 74.7 Å². The van der Waals surface area contributed by atoms with Crippen molar-refractivity contribution < 1.29 is 14.3 Å². The van der Waals surface area contributed by atoms with Crippen molar-refractivity contribution in [2.75, 3.05) is 12.4 Å². The highest BCUT2D eigenvalue weighted by Gasteiger charge is 2.23. The molecule has 0 atom stereocenters. The van der Waals surface area contributed by atoms with E-state index in [1.807, 2.05) is 53.9 Å². The van der Waals surface area contributed by atoms with Crippen LogP contribution in [-0.2, 0) is 4.74 Å². The largest absolute Gasteiger partial charge is 0.465 e. The minimum absolute atomic E-state index is 0.253. The zero-order valence-electron chi connectivity index (χ0n) is 13.3. The monoisotopic (exact) mass is 463 g/mol. The predicted octanol–water partition coefficient (Wildman–Crippen LogP) is 5.06. The highest BCUT2D eigenvalue weighted by Crippen LogP contribution is 2.36. The first-order valence-corrected chi connectivity index (χ1v) is 9.38. The van der Waals surface area contributed by atoms with Gasteiger partial charge < -0.3 is 10.1 Å². The molecule has 0 radical (unpaired) electrons. The number of methoxy groups -OCH3 is 1. The van der Waals surface area contributed by atoms with Crippen LogP contribution in [0.2, 0.25) is 0 Å². The number of esters is 1. The fourth-order valence-electron chi connectivity index (χ4n) is 2.40. The first-order chi connectivity index (χ1) is 12.1. The number of carbonyl (C=O) groups excluding carboxylic acids is 2. The highest BCUT2D eigenvalue weighted by atomic mass is 127. The molecule has 0 spiro atoms. The van der Waals surface area contributed by atoms with Gasteiger partial charge in [-0.25, -0.2) is 4.79 Å². The molecule has 1 aromatic heterocycles. The number of anilines is 1. The normalized spacial score (nSPS) is 10.3. The lowest BCUT2D eigenvalue weighted by atomic mass is 10.0. The van der Waals surface area contributed by atoms with Gasteiger partial charge in [0.15, 0.2) is 0 Å². The summed E-state index contributed by atoms with van der Waals surface area (Å²) in [5, 5.41) is 5.18. The Kier molecular flexibility index (Phi) is 5.50. The fourth-order valence-corrected chi connectivity index (χ4v) is 3.99. The fraction of sp³-hybridized carbons (Fsp3) is 0.0526. The molecule has 126 valence electrons. The molecule has 1 N–H and O–H groups in total. The molecule has 4 nitrogen and oxygen atoms in total. The number of halogens is 1. The first-order valence-electron chi connectivity index (χ1n) is 7.43. The van der Waals surface area contributed by atoms with Gasteiger partial charge in [0.1, 0.15) is 10.6 Å². The minimum atomic E-state index is -0.474. The van der Waals surface area contributed by atoms with Gasteiger partial charge in [0, 0.05) is 14.5 Å². The lowest BCUT2D eigenvalue weighted by molar-refractivity contribution is 0.0603. The van der Waals surface area contributed by atoms with Crippen LogP contribution in [0.1, 0.15) is 20.7 Å². The zero-order chi connectivity index (χ0) is 17.8. The second kappa shape index (κ2) is 7.79. The molecule has 25 heavy (non-hydrogen) atoms. The molecule has 0 saturated heterocycles. The van der Waals surface area contributed by atoms with Gasteiger partial charge in [-0.3, -0.25) is 4.79 Å². The van der Waals surface area contributed by atoms with Gasteiger partial charge in [-0.2, -0.15) is 0 Å². The Morgan fingerprint density at radius 2 is 1.72 bits per heavy atom. The van der Waals surface area contributed by atoms with Gasteiger partial charge in [0.2, 0.25) is 0 Å². The molecular weight excluding hydrogens is 449 g/mol. The average molecular weight is 463 g/mol. The minimum Gasteiger partial charge on any atom is -0.465 e. The maximum atomic E-state index is 12.6. The number of rotatable bonds is 4. The average Bonchev–Trinajstić information content (AvgIpc) is 3.05. The van der Waals surface area contributed by atoms with Gasteiger partial charge in [-0.15, -0.1) is 11.3 Å². The highest BCUT2D eigenvalue weighted by molar-refractivity contribution is 14.1. The Labute approximate surface area is 163 Å². The summed E-state index contributed by atoms with van der Waals surface area (Å²) in [5.74, 6) is -0.727. The van der Waals surface area contributed by atoms with Crippen LogP contribution in [0.15, 0.2) is 60.0 Å². The van der Waals surface area contributed by atoms with E-state index in [0.717, 1.165) is 14.7 Å². The molecule has 1 heterocycles. The standard InChI is InChI=1S/C19H14INO3S/c1-24-19(23)16-14(12-7-3-2-4-8-12)11-25-18(16)21-17(22)13-9-5-6-10-15(13)20/h2-11H,1H3,(H,21,22). The number of hydrogen-bond donors (Lipinski definition) is 1. The van der Waals surface area contributed by atoms with Crippen molar-refractivity contribution in [2.45, 2.75) is 0 Å².